The standard InChI is InChI=1S/C20H19Cl2NO4/c1-20(2,3)12-4-6-14(7-5-12)26-9-8-23-17-15(18(24)27-19(23)25)10-13(21)11-16(17)22/h4-7,10-11H,8-9H2,1-3H3. The van der Waals surface area contributed by atoms with E-state index in [0.29, 0.717) is 10.8 Å². The molecule has 0 fully saturated rings. The molecule has 142 valence electrons. The van der Waals surface area contributed by atoms with E-state index in [9.17, 15) is 9.59 Å². The molecule has 1 aromatic heterocycles. The summed E-state index contributed by atoms with van der Waals surface area (Å²) >= 11 is 12.1. The topological polar surface area (TPSA) is 61.4 Å². The van der Waals surface area contributed by atoms with Gasteiger partial charge >= 0.3 is 11.4 Å². The lowest BCUT2D eigenvalue weighted by molar-refractivity contribution is 0.287. The van der Waals surface area contributed by atoms with Crippen molar-refractivity contribution in [3.8, 4) is 5.75 Å². The maximum absolute atomic E-state index is 12.1. The molecule has 0 bridgehead atoms. The van der Waals surface area contributed by atoms with Gasteiger partial charge in [0.1, 0.15) is 12.4 Å². The second-order valence-electron chi connectivity index (χ2n) is 7.21. The van der Waals surface area contributed by atoms with Crippen LogP contribution in [0.4, 0.5) is 0 Å². The molecule has 0 aliphatic carbocycles. The van der Waals surface area contributed by atoms with E-state index in [0.717, 1.165) is 0 Å². The number of nitrogens with zero attached hydrogens (tertiary/aromatic N) is 1. The molecule has 0 aliphatic rings. The van der Waals surface area contributed by atoms with Gasteiger partial charge in [-0.3, -0.25) is 4.57 Å². The Morgan fingerprint density at radius 3 is 2.37 bits per heavy atom. The Hall–Kier alpha value is -2.24. The third-order valence-corrected chi connectivity index (χ3v) is 4.73. The Morgan fingerprint density at radius 1 is 1.07 bits per heavy atom. The van der Waals surface area contributed by atoms with Gasteiger partial charge in [-0.15, -0.1) is 0 Å². The smallest absolute Gasteiger partial charge is 0.422 e. The van der Waals surface area contributed by atoms with Gasteiger partial charge in [0.2, 0.25) is 0 Å². The maximum atomic E-state index is 12.1. The van der Waals surface area contributed by atoms with Crippen molar-refractivity contribution in [1.82, 2.24) is 4.57 Å². The van der Waals surface area contributed by atoms with Crippen LogP contribution >= 0.6 is 23.2 Å². The summed E-state index contributed by atoms with van der Waals surface area (Å²) in [5.41, 5.74) is 0.776. The van der Waals surface area contributed by atoms with Crippen molar-refractivity contribution < 1.29 is 9.15 Å². The predicted molar refractivity (Wildman–Crippen MR) is 107 cm³/mol. The first-order valence-corrected chi connectivity index (χ1v) is 9.18. The zero-order chi connectivity index (χ0) is 19.8. The molecule has 5 nitrogen and oxygen atoms in total. The van der Waals surface area contributed by atoms with E-state index in [1.165, 1.54) is 22.3 Å². The summed E-state index contributed by atoms with van der Waals surface area (Å²) in [5.74, 6) is -0.102. The number of halogens is 2. The van der Waals surface area contributed by atoms with E-state index in [-0.39, 0.29) is 34.5 Å². The van der Waals surface area contributed by atoms with Crippen LogP contribution in [0, 0.1) is 0 Å². The third kappa shape index (κ3) is 4.20. The number of benzene rings is 2. The molecule has 0 atom stereocenters. The average Bonchev–Trinajstić information content (AvgIpc) is 2.57. The summed E-state index contributed by atoms with van der Waals surface area (Å²) in [6.07, 6.45) is 0. The first-order chi connectivity index (χ1) is 12.7. The van der Waals surface area contributed by atoms with Crippen LogP contribution in [-0.2, 0) is 12.0 Å². The maximum Gasteiger partial charge on any atom is 0.422 e. The first-order valence-electron chi connectivity index (χ1n) is 8.43. The summed E-state index contributed by atoms with van der Waals surface area (Å²) in [6, 6.07) is 10.7. The van der Waals surface area contributed by atoms with E-state index in [1.807, 2.05) is 24.3 Å². The van der Waals surface area contributed by atoms with Crippen molar-refractivity contribution in [3.63, 3.8) is 0 Å². The molecular formula is C20H19Cl2NO4. The van der Waals surface area contributed by atoms with Crippen LogP contribution in [-0.4, -0.2) is 11.2 Å². The quantitative estimate of drug-likeness (QED) is 0.631. The predicted octanol–water partition coefficient (Wildman–Crippen LogP) is 4.64. The van der Waals surface area contributed by atoms with Gasteiger partial charge in [-0.25, -0.2) is 9.59 Å². The summed E-state index contributed by atoms with van der Waals surface area (Å²) in [4.78, 5) is 24.1. The van der Waals surface area contributed by atoms with Crippen LogP contribution in [0.2, 0.25) is 10.0 Å². The molecule has 0 unspecified atom stereocenters. The molecule has 0 saturated carbocycles. The third-order valence-electron chi connectivity index (χ3n) is 4.22. The van der Waals surface area contributed by atoms with E-state index >= 15 is 0 Å². The van der Waals surface area contributed by atoms with Crippen LogP contribution in [0.3, 0.4) is 0 Å². The lowest BCUT2D eigenvalue weighted by atomic mass is 9.87. The highest BCUT2D eigenvalue weighted by Crippen LogP contribution is 2.26. The highest BCUT2D eigenvalue weighted by molar-refractivity contribution is 6.38. The lowest BCUT2D eigenvalue weighted by Crippen LogP contribution is -2.27. The van der Waals surface area contributed by atoms with Crippen LogP contribution in [0.15, 0.2) is 50.4 Å². The summed E-state index contributed by atoms with van der Waals surface area (Å²) < 4.78 is 11.8. The normalized spacial score (nSPS) is 11.7. The fraction of sp³-hybridized carbons (Fsp3) is 0.300. The van der Waals surface area contributed by atoms with Gasteiger partial charge < -0.3 is 9.15 Å². The number of aromatic nitrogens is 1. The second kappa shape index (κ2) is 7.41. The molecule has 0 spiro atoms. The van der Waals surface area contributed by atoms with E-state index in [2.05, 4.69) is 20.8 Å². The molecule has 3 rings (SSSR count). The highest BCUT2D eigenvalue weighted by atomic mass is 35.5. The number of rotatable bonds is 4. The largest absolute Gasteiger partial charge is 0.492 e. The Bertz CT molecular complexity index is 1090. The Kier molecular flexibility index (Phi) is 5.36. The van der Waals surface area contributed by atoms with Gasteiger partial charge in [-0.1, -0.05) is 56.1 Å². The van der Waals surface area contributed by atoms with Crippen molar-refractivity contribution in [1.29, 1.82) is 0 Å². The minimum absolute atomic E-state index is 0.0599. The number of fused-ring (bicyclic) bond motifs is 1. The van der Waals surface area contributed by atoms with Crippen molar-refractivity contribution in [2.45, 2.75) is 32.7 Å². The summed E-state index contributed by atoms with van der Waals surface area (Å²) in [5, 5.41) is 0.652. The van der Waals surface area contributed by atoms with Crippen LogP contribution < -0.4 is 16.1 Å². The SMILES string of the molecule is CC(C)(C)c1ccc(OCCn2c(=O)oc(=O)c3cc(Cl)cc(Cl)c32)cc1. The second-order valence-corrected chi connectivity index (χ2v) is 8.06. The fourth-order valence-electron chi connectivity index (χ4n) is 2.79. The summed E-state index contributed by atoms with van der Waals surface area (Å²) in [6.45, 7) is 6.79. The van der Waals surface area contributed by atoms with Gasteiger partial charge in [0.25, 0.3) is 0 Å². The van der Waals surface area contributed by atoms with Crippen LogP contribution in [0.5, 0.6) is 5.75 Å². The van der Waals surface area contributed by atoms with Gasteiger partial charge in [-0.05, 0) is 35.2 Å². The Morgan fingerprint density at radius 2 is 1.74 bits per heavy atom. The molecule has 0 amide bonds. The van der Waals surface area contributed by atoms with Gasteiger partial charge in [0.15, 0.2) is 0 Å². The fourth-order valence-corrected chi connectivity index (χ4v) is 3.38. The van der Waals surface area contributed by atoms with Crippen molar-refractivity contribution in [3.05, 3.63) is 73.0 Å². The zero-order valence-corrected chi connectivity index (χ0v) is 16.7. The minimum Gasteiger partial charge on any atom is -0.492 e. The monoisotopic (exact) mass is 407 g/mol. The summed E-state index contributed by atoms with van der Waals surface area (Å²) in [7, 11) is 0. The molecule has 0 radical (unpaired) electrons. The highest BCUT2D eigenvalue weighted by Gasteiger charge is 2.15. The lowest BCUT2D eigenvalue weighted by Gasteiger charge is -2.19. The van der Waals surface area contributed by atoms with Gasteiger partial charge in [-0.2, -0.15) is 0 Å². The molecule has 0 aliphatic heterocycles. The van der Waals surface area contributed by atoms with Gasteiger partial charge in [0, 0.05) is 5.02 Å². The van der Waals surface area contributed by atoms with Gasteiger partial charge in [0.05, 0.1) is 22.5 Å². The Balaban J connectivity index is 1.84. The van der Waals surface area contributed by atoms with Crippen LogP contribution in [0.25, 0.3) is 10.9 Å². The molecule has 0 N–H and O–H groups in total. The van der Waals surface area contributed by atoms with Crippen molar-refractivity contribution >= 4 is 34.1 Å². The molecule has 2 aromatic carbocycles. The first kappa shape index (κ1) is 19.5. The average molecular weight is 408 g/mol. The number of hydrogen-bond acceptors (Lipinski definition) is 4. The van der Waals surface area contributed by atoms with E-state index < -0.39 is 11.4 Å². The molecule has 1 heterocycles. The number of hydrogen-bond donors (Lipinski definition) is 0. The molecule has 0 saturated heterocycles. The van der Waals surface area contributed by atoms with Crippen molar-refractivity contribution in [2.75, 3.05) is 6.61 Å². The van der Waals surface area contributed by atoms with E-state index in [1.54, 1.807) is 0 Å². The Labute approximate surface area is 166 Å². The van der Waals surface area contributed by atoms with E-state index in [4.69, 9.17) is 32.4 Å². The number of ether oxygens (including phenoxy) is 1. The molecule has 27 heavy (non-hydrogen) atoms. The van der Waals surface area contributed by atoms with Crippen LogP contribution in [0.1, 0.15) is 26.3 Å². The zero-order valence-electron chi connectivity index (χ0n) is 15.2. The molecule has 7 heteroatoms. The molecular weight excluding hydrogens is 389 g/mol. The molecule has 3 aromatic rings. The van der Waals surface area contributed by atoms with Crippen molar-refractivity contribution in [2.24, 2.45) is 0 Å². The minimum atomic E-state index is -0.789.